The van der Waals surface area contributed by atoms with Crippen LogP contribution < -0.4 is 19.5 Å². The van der Waals surface area contributed by atoms with Crippen molar-refractivity contribution >= 4 is 11.6 Å². The van der Waals surface area contributed by atoms with Crippen LogP contribution in [0.2, 0.25) is 0 Å². The molecule has 2 aromatic rings. The van der Waals surface area contributed by atoms with Crippen LogP contribution in [0.5, 0.6) is 17.2 Å². The van der Waals surface area contributed by atoms with Gasteiger partial charge in [-0.2, -0.15) is 0 Å². The molecule has 0 fully saturated rings. The maximum Gasteiger partial charge on any atom is 0.228 e. The van der Waals surface area contributed by atoms with Crippen molar-refractivity contribution in [2.75, 3.05) is 26.1 Å². The molecule has 0 unspecified atom stereocenters. The van der Waals surface area contributed by atoms with Crippen LogP contribution in [-0.2, 0) is 17.6 Å². The molecule has 23 heavy (non-hydrogen) atoms. The van der Waals surface area contributed by atoms with Gasteiger partial charge in [-0.3, -0.25) is 4.79 Å². The van der Waals surface area contributed by atoms with Gasteiger partial charge < -0.3 is 19.5 Å². The molecule has 0 bridgehead atoms. The number of anilines is 1. The van der Waals surface area contributed by atoms with Crippen LogP contribution in [0, 0.1) is 0 Å². The summed E-state index contributed by atoms with van der Waals surface area (Å²) in [5, 5.41) is 2.88. The van der Waals surface area contributed by atoms with Gasteiger partial charge in [-0.25, -0.2) is 0 Å². The summed E-state index contributed by atoms with van der Waals surface area (Å²) >= 11 is 0. The van der Waals surface area contributed by atoms with Crippen molar-refractivity contribution in [3.63, 3.8) is 0 Å². The fourth-order valence-electron chi connectivity index (χ4n) is 2.62. The van der Waals surface area contributed by atoms with Crippen LogP contribution in [0.25, 0.3) is 0 Å². The van der Waals surface area contributed by atoms with E-state index in [0.29, 0.717) is 30.2 Å². The van der Waals surface area contributed by atoms with E-state index in [4.69, 9.17) is 14.2 Å². The molecule has 5 nitrogen and oxygen atoms in total. The Labute approximate surface area is 135 Å². The van der Waals surface area contributed by atoms with Crippen molar-refractivity contribution in [1.82, 2.24) is 0 Å². The quantitative estimate of drug-likeness (QED) is 0.922. The van der Waals surface area contributed by atoms with Crippen LogP contribution in [0.3, 0.4) is 0 Å². The zero-order valence-electron chi connectivity index (χ0n) is 13.2. The second-order valence-electron chi connectivity index (χ2n) is 5.37. The smallest absolute Gasteiger partial charge is 0.228 e. The monoisotopic (exact) mass is 313 g/mol. The summed E-state index contributed by atoms with van der Waals surface area (Å²) in [5.41, 5.74) is 2.79. The summed E-state index contributed by atoms with van der Waals surface area (Å²) in [6.07, 6.45) is 1.21. The topological polar surface area (TPSA) is 56.8 Å². The highest BCUT2D eigenvalue weighted by atomic mass is 16.5. The number of carbonyl (C=O) groups is 1. The first kappa shape index (κ1) is 15.2. The molecule has 1 aliphatic heterocycles. The lowest BCUT2D eigenvalue weighted by molar-refractivity contribution is -0.115. The molecular weight excluding hydrogens is 294 g/mol. The van der Waals surface area contributed by atoms with Crippen molar-refractivity contribution in [2.45, 2.75) is 12.8 Å². The fourth-order valence-corrected chi connectivity index (χ4v) is 2.62. The number of hydrogen-bond acceptors (Lipinski definition) is 4. The van der Waals surface area contributed by atoms with E-state index in [-0.39, 0.29) is 5.91 Å². The average molecular weight is 313 g/mol. The molecule has 1 aliphatic rings. The molecule has 1 amide bonds. The SMILES string of the molecule is COc1cc(NC(=O)Cc2ccc3c(c2)CCO3)cc(OC)c1. The van der Waals surface area contributed by atoms with Crippen LogP contribution >= 0.6 is 0 Å². The van der Waals surface area contributed by atoms with E-state index < -0.39 is 0 Å². The minimum atomic E-state index is -0.0841. The highest BCUT2D eigenvalue weighted by molar-refractivity contribution is 5.92. The van der Waals surface area contributed by atoms with Crippen molar-refractivity contribution in [1.29, 1.82) is 0 Å². The zero-order valence-corrected chi connectivity index (χ0v) is 13.2. The van der Waals surface area contributed by atoms with Crippen molar-refractivity contribution in [2.24, 2.45) is 0 Å². The molecule has 5 heteroatoms. The van der Waals surface area contributed by atoms with Crippen LogP contribution in [0.4, 0.5) is 5.69 Å². The number of hydrogen-bond donors (Lipinski definition) is 1. The van der Waals surface area contributed by atoms with E-state index in [1.165, 1.54) is 5.56 Å². The Morgan fingerprint density at radius 2 is 1.87 bits per heavy atom. The summed E-state index contributed by atoms with van der Waals surface area (Å²) in [6.45, 7) is 0.717. The van der Waals surface area contributed by atoms with Gasteiger partial charge in [0.1, 0.15) is 17.2 Å². The average Bonchev–Trinajstić information content (AvgIpc) is 3.01. The molecule has 1 heterocycles. The van der Waals surface area contributed by atoms with Gasteiger partial charge >= 0.3 is 0 Å². The summed E-state index contributed by atoms with van der Waals surface area (Å²) in [5.74, 6) is 2.11. The van der Waals surface area contributed by atoms with Crippen molar-refractivity contribution in [3.05, 3.63) is 47.5 Å². The fraction of sp³-hybridized carbons (Fsp3) is 0.278. The van der Waals surface area contributed by atoms with Gasteiger partial charge in [-0.05, 0) is 17.2 Å². The number of ether oxygens (including phenoxy) is 3. The third kappa shape index (κ3) is 3.56. The highest BCUT2D eigenvalue weighted by Crippen LogP contribution is 2.27. The second kappa shape index (κ2) is 6.60. The first-order chi connectivity index (χ1) is 11.2. The highest BCUT2D eigenvalue weighted by Gasteiger charge is 2.13. The molecule has 0 saturated heterocycles. The standard InChI is InChI=1S/C18H19NO4/c1-21-15-9-14(10-16(11-15)22-2)19-18(20)8-12-3-4-17-13(7-12)5-6-23-17/h3-4,7,9-11H,5-6,8H2,1-2H3,(H,19,20). The molecule has 0 saturated carbocycles. The summed E-state index contributed by atoms with van der Waals surface area (Å²) < 4.78 is 15.9. The third-order valence-electron chi connectivity index (χ3n) is 3.75. The predicted octanol–water partition coefficient (Wildman–Crippen LogP) is 2.82. The van der Waals surface area contributed by atoms with Crippen molar-refractivity contribution in [3.8, 4) is 17.2 Å². The Balaban J connectivity index is 1.69. The van der Waals surface area contributed by atoms with E-state index in [1.54, 1.807) is 32.4 Å². The first-order valence-electron chi connectivity index (χ1n) is 7.45. The lowest BCUT2D eigenvalue weighted by atomic mass is 10.1. The number of amides is 1. The molecule has 0 radical (unpaired) electrons. The Hall–Kier alpha value is -2.69. The molecule has 3 rings (SSSR count). The van der Waals surface area contributed by atoms with Gasteiger partial charge in [0, 0.05) is 30.3 Å². The van der Waals surface area contributed by atoms with Crippen molar-refractivity contribution < 1.29 is 19.0 Å². The molecule has 120 valence electrons. The predicted molar refractivity (Wildman–Crippen MR) is 87.5 cm³/mol. The number of fused-ring (bicyclic) bond motifs is 1. The normalized spacial score (nSPS) is 12.3. The number of carbonyl (C=O) groups excluding carboxylic acids is 1. The Kier molecular flexibility index (Phi) is 4.37. The van der Waals surface area contributed by atoms with Gasteiger partial charge in [-0.15, -0.1) is 0 Å². The zero-order chi connectivity index (χ0) is 16.2. The number of rotatable bonds is 5. The van der Waals surface area contributed by atoms with Gasteiger partial charge in [0.05, 0.1) is 27.2 Å². The second-order valence-corrected chi connectivity index (χ2v) is 5.37. The summed E-state index contributed by atoms with van der Waals surface area (Å²) in [7, 11) is 3.15. The van der Waals surface area contributed by atoms with E-state index >= 15 is 0 Å². The number of methoxy groups -OCH3 is 2. The maximum atomic E-state index is 12.3. The van der Waals surface area contributed by atoms with Gasteiger partial charge in [0.15, 0.2) is 0 Å². The lowest BCUT2D eigenvalue weighted by Crippen LogP contribution is -2.14. The molecule has 1 N–H and O–H groups in total. The number of nitrogens with one attached hydrogen (secondary N) is 1. The molecule has 0 aliphatic carbocycles. The minimum Gasteiger partial charge on any atom is -0.497 e. The van der Waals surface area contributed by atoms with E-state index in [9.17, 15) is 4.79 Å². The van der Waals surface area contributed by atoms with Gasteiger partial charge in [0.25, 0.3) is 0 Å². The Morgan fingerprint density at radius 1 is 1.13 bits per heavy atom. The lowest BCUT2D eigenvalue weighted by Gasteiger charge is -2.10. The number of benzene rings is 2. The molecule has 0 atom stereocenters. The summed E-state index contributed by atoms with van der Waals surface area (Å²) in [4.78, 5) is 12.3. The Bertz CT molecular complexity index is 705. The third-order valence-corrected chi connectivity index (χ3v) is 3.75. The van der Waals surface area contributed by atoms with Gasteiger partial charge in [-0.1, -0.05) is 12.1 Å². The van der Waals surface area contributed by atoms with Crippen LogP contribution in [0.15, 0.2) is 36.4 Å². The van der Waals surface area contributed by atoms with E-state index in [0.717, 1.165) is 17.7 Å². The minimum absolute atomic E-state index is 0.0841. The molecule has 2 aromatic carbocycles. The molecule has 0 spiro atoms. The van der Waals surface area contributed by atoms with E-state index in [2.05, 4.69) is 5.32 Å². The van der Waals surface area contributed by atoms with E-state index in [1.807, 2.05) is 18.2 Å². The molecular formula is C18H19NO4. The van der Waals surface area contributed by atoms with Gasteiger partial charge in [0.2, 0.25) is 5.91 Å². The Morgan fingerprint density at radius 3 is 2.57 bits per heavy atom. The van der Waals surface area contributed by atoms with Crippen LogP contribution in [0.1, 0.15) is 11.1 Å². The maximum absolute atomic E-state index is 12.3. The first-order valence-corrected chi connectivity index (χ1v) is 7.45. The molecule has 0 aromatic heterocycles. The summed E-state index contributed by atoms with van der Waals surface area (Å²) in [6, 6.07) is 11.2. The van der Waals surface area contributed by atoms with Crippen LogP contribution in [-0.4, -0.2) is 26.7 Å². The largest absolute Gasteiger partial charge is 0.497 e.